The van der Waals surface area contributed by atoms with Gasteiger partial charge in [0.25, 0.3) is 0 Å². The molecule has 29 heavy (non-hydrogen) atoms. The van der Waals surface area contributed by atoms with E-state index in [9.17, 15) is 19.1 Å². The molecule has 148 valence electrons. The van der Waals surface area contributed by atoms with E-state index in [1.54, 1.807) is 0 Å². The lowest BCUT2D eigenvalue weighted by molar-refractivity contribution is -0.116. The molecule has 0 radical (unpaired) electrons. The van der Waals surface area contributed by atoms with E-state index in [2.05, 4.69) is 5.32 Å². The third-order valence-corrected chi connectivity index (χ3v) is 6.10. The van der Waals surface area contributed by atoms with Crippen molar-refractivity contribution in [2.24, 2.45) is 0 Å². The number of carbonyl (C=O) groups is 2. The molecule has 3 aromatic rings. The van der Waals surface area contributed by atoms with Crippen molar-refractivity contribution < 1.29 is 23.8 Å². The van der Waals surface area contributed by atoms with E-state index >= 15 is 0 Å². The Morgan fingerprint density at radius 2 is 2.03 bits per heavy atom. The first-order valence-electron chi connectivity index (χ1n) is 9.16. The summed E-state index contributed by atoms with van der Waals surface area (Å²) in [5, 5.41) is 12.6. The lowest BCUT2D eigenvalue weighted by atomic mass is 9.88. The van der Waals surface area contributed by atoms with Crippen LogP contribution in [0.5, 0.6) is 5.75 Å². The maximum atomic E-state index is 13.4. The monoisotopic (exact) mass is 411 g/mol. The largest absolute Gasteiger partial charge is 0.494 e. The zero-order chi connectivity index (χ0) is 20.5. The number of carbonyl (C=O) groups excluding carboxylic acids is 1. The van der Waals surface area contributed by atoms with Gasteiger partial charge >= 0.3 is 5.97 Å². The van der Waals surface area contributed by atoms with Crippen LogP contribution in [0.25, 0.3) is 11.1 Å². The zero-order valence-electron chi connectivity index (χ0n) is 15.6. The lowest BCUT2D eigenvalue weighted by Crippen LogP contribution is -2.22. The summed E-state index contributed by atoms with van der Waals surface area (Å²) in [6.45, 7) is 2.42. The van der Waals surface area contributed by atoms with Crippen LogP contribution < -0.4 is 10.1 Å². The van der Waals surface area contributed by atoms with Gasteiger partial charge in [-0.1, -0.05) is 24.3 Å². The molecule has 2 N–H and O–H groups in total. The molecule has 7 heteroatoms. The van der Waals surface area contributed by atoms with Gasteiger partial charge in [0, 0.05) is 22.8 Å². The average Bonchev–Trinajstić information content (AvgIpc) is 3.08. The lowest BCUT2D eigenvalue weighted by Gasteiger charge is -2.24. The van der Waals surface area contributed by atoms with Crippen LogP contribution >= 0.6 is 11.3 Å². The molecular formula is C22H18FNO4S. The van der Waals surface area contributed by atoms with Gasteiger partial charge in [-0.15, -0.1) is 11.3 Å². The number of aromatic carboxylic acids is 1. The Bertz CT molecular complexity index is 1090. The highest BCUT2D eigenvalue weighted by Gasteiger charge is 2.34. The summed E-state index contributed by atoms with van der Waals surface area (Å²) in [5.74, 6) is -1.27. The van der Waals surface area contributed by atoms with E-state index in [4.69, 9.17) is 4.74 Å². The Labute approximate surface area is 170 Å². The summed E-state index contributed by atoms with van der Waals surface area (Å²) in [7, 11) is 0. The summed E-state index contributed by atoms with van der Waals surface area (Å²) in [4.78, 5) is 25.3. The van der Waals surface area contributed by atoms with Gasteiger partial charge in [-0.25, -0.2) is 9.18 Å². The highest BCUT2D eigenvalue weighted by molar-refractivity contribution is 7.15. The van der Waals surface area contributed by atoms with Gasteiger partial charge < -0.3 is 15.2 Å². The van der Waals surface area contributed by atoms with Gasteiger partial charge in [-0.3, -0.25) is 4.79 Å². The molecule has 5 nitrogen and oxygen atoms in total. The Morgan fingerprint density at radius 1 is 1.28 bits per heavy atom. The smallest absolute Gasteiger partial charge is 0.346 e. The number of hydrogen-bond acceptors (Lipinski definition) is 4. The molecule has 0 spiro atoms. The van der Waals surface area contributed by atoms with Crippen LogP contribution in [0.15, 0.2) is 48.5 Å². The molecule has 1 atom stereocenters. The second-order valence-corrected chi connectivity index (χ2v) is 7.72. The second kappa shape index (κ2) is 7.67. The van der Waals surface area contributed by atoms with Crippen molar-refractivity contribution in [3.8, 4) is 16.9 Å². The first kappa shape index (κ1) is 19.1. The molecule has 0 fully saturated rings. The molecule has 0 saturated carbocycles. The second-order valence-electron chi connectivity index (χ2n) is 6.67. The molecule has 2 heterocycles. The standard InChI is InChI=1S/C22H18FNO4S/c1-2-28-15-5-3-4-13(10-15)16-11-17(25)24-19-18(12-6-8-14(23)9-7-12)21(22(26)27)29-20(16)19/h3-10,16H,2,11H2,1H3,(H,24,25)(H,26,27)/t16-/m0/s1. The van der Waals surface area contributed by atoms with Crippen molar-refractivity contribution in [2.45, 2.75) is 19.3 Å². The van der Waals surface area contributed by atoms with Crippen LogP contribution in [-0.4, -0.2) is 23.6 Å². The molecule has 1 amide bonds. The number of benzene rings is 2. The molecule has 0 aliphatic carbocycles. The molecule has 0 saturated heterocycles. The summed E-state index contributed by atoms with van der Waals surface area (Å²) in [5.41, 5.74) is 2.33. The predicted molar refractivity (Wildman–Crippen MR) is 109 cm³/mol. The van der Waals surface area contributed by atoms with Crippen LogP contribution in [0.1, 0.15) is 39.4 Å². The van der Waals surface area contributed by atoms with E-state index in [1.165, 1.54) is 24.3 Å². The third-order valence-electron chi connectivity index (χ3n) is 4.80. The normalized spacial score (nSPS) is 15.5. The van der Waals surface area contributed by atoms with Gasteiger partial charge in [-0.2, -0.15) is 0 Å². The maximum absolute atomic E-state index is 13.4. The van der Waals surface area contributed by atoms with Crippen LogP contribution in [-0.2, 0) is 4.79 Å². The first-order valence-corrected chi connectivity index (χ1v) is 9.98. The Balaban J connectivity index is 1.88. The van der Waals surface area contributed by atoms with Crippen molar-refractivity contribution in [1.29, 1.82) is 0 Å². The van der Waals surface area contributed by atoms with Crippen molar-refractivity contribution in [3.63, 3.8) is 0 Å². The van der Waals surface area contributed by atoms with Gasteiger partial charge in [-0.05, 0) is 42.3 Å². The topological polar surface area (TPSA) is 75.6 Å². The number of carboxylic acid groups (broad SMARTS) is 1. The third kappa shape index (κ3) is 3.61. The van der Waals surface area contributed by atoms with Crippen molar-refractivity contribution in [2.75, 3.05) is 11.9 Å². The SMILES string of the molecule is CCOc1cccc([C@@H]2CC(=O)Nc3c2sc(C(=O)O)c3-c2ccc(F)cc2)c1. The average molecular weight is 411 g/mol. The van der Waals surface area contributed by atoms with E-state index < -0.39 is 11.8 Å². The Kier molecular flexibility index (Phi) is 5.07. The van der Waals surface area contributed by atoms with Crippen molar-refractivity contribution in [3.05, 3.63) is 69.7 Å². The molecule has 0 unspecified atom stereocenters. The number of halogens is 1. The van der Waals surface area contributed by atoms with Crippen LogP contribution in [0.3, 0.4) is 0 Å². The number of amides is 1. The number of hydrogen-bond donors (Lipinski definition) is 2. The quantitative estimate of drug-likeness (QED) is 0.611. The fourth-order valence-electron chi connectivity index (χ4n) is 3.59. The van der Waals surface area contributed by atoms with E-state index in [-0.39, 0.29) is 23.1 Å². The minimum Gasteiger partial charge on any atom is -0.494 e. The van der Waals surface area contributed by atoms with Crippen LogP contribution in [0.2, 0.25) is 0 Å². The number of fused-ring (bicyclic) bond motifs is 1. The Hall–Kier alpha value is -3.19. The molecule has 1 aliphatic heterocycles. The molecular weight excluding hydrogens is 393 g/mol. The number of carboxylic acids is 1. The maximum Gasteiger partial charge on any atom is 0.346 e. The fraction of sp³-hybridized carbons (Fsp3) is 0.182. The number of rotatable bonds is 5. The van der Waals surface area contributed by atoms with E-state index in [0.29, 0.717) is 29.2 Å². The number of anilines is 1. The first-order chi connectivity index (χ1) is 14.0. The fourth-order valence-corrected chi connectivity index (χ4v) is 4.83. The van der Waals surface area contributed by atoms with Crippen LogP contribution in [0.4, 0.5) is 10.1 Å². The number of nitrogens with one attached hydrogen (secondary N) is 1. The molecule has 1 aromatic heterocycles. The summed E-state index contributed by atoms with van der Waals surface area (Å²) in [6.07, 6.45) is 0.213. The van der Waals surface area contributed by atoms with Crippen LogP contribution in [0, 0.1) is 5.82 Å². The van der Waals surface area contributed by atoms with Gasteiger partial charge in [0.05, 0.1) is 12.3 Å². The number of thiophene rings is 1. The predicted octanol–water partition coefficient (Wildman–Crippen LogP) is 5.13. The summed E-state index contributed by atoms with van der Waals surface area (Å²) in [6, 6.07) is 13.1. The van der Waals surface area contributed by atoms with Gasteiger partial charge in [0.15, 0.2) is 0 Å². The van der Waals surface area contributed by atoms with E-state index in [1.807, 2.05) is 31.2 Å². The highest BCUT2D eigenvalue weighted by atomic mass is 32.1. The van der Waals surface area contributed by atoms with Gasteiger partial charge in [0.2, 0.25) is 5.91 Å². The molecule has 2 aromatic carbocycles. The minimum atomic E-state index is -1.08. The highest BCUT2D eigenvalue weighted by Crippen LogP contribution is 2.49. The number of ether oxygens (including phenoxy) is 1. The molecule has 0 bridgehead atoms. The summed E-state index contributed by atoms with van der Waals surface area (Å²) >= 11 is 1.14. The van der Waals surface area contributed by atoms with Crippen molar-refractivity contribution in [1.82, 2.24) is 0 Å². The summed E-state index contributed by atoms with van der Waals surface area (Å²) < 4.78 is 19.0. The van der Waals surface area contributed by atoms with E-state index in [0.717, 1.165) is 21.8 Å². The molecule has 1 aliphatic rings. The van der Waals surface area contributed by atoms with Crippen molar-refractivity contribution >= 4 is 28.9 Å². The molecule has 4 rings (SSSR count). The Morgan fingerprint density at radius 3 is 2.72 bits per heavy atom. The van der Waals surface area contributed by atoms with Gasteiger partial charge in [0.1, 0.15) is 16.4 Å². The zero-order valence-corrected chi connectivity index (χ0v) is 16.4. The minimum absolute atomic E-state index is 0.120.